The topological polar surface area (TPSA) is 111 Å². The Hall–Kier alpha value is -4.20. The van der Waals surface area contributed by atoms with Crippen molar-refractivity contribution in [2.75, 3.05) is 10.6 Å². The van der Waals surface area contributed by atoms with Gasteiger partial charge in [-0.15, -0.1) is 0 Å². The first-order chi connectivity index (χ1) is 15.4. The molecule has 3 aromatic carbocycles. The number of aryl methyl sites for hydroxylation is 1. The van der Waals surface area contributed by atoms with Gasteiger partial charge in [0.1, 0.15) is 5.75 Å². The molecule has 1 atom stereocenters. The van der Waals surface area contributed by atoms with Gasteiger partial charge in [0.2, 0.25) is 5.91 Å². The molecular formula is C24H23N3O5. The van der Waals surface area contributed by atoms with Crippen molar-refractivity contribution < 1.29 is 19.2 Å². The number of nitrogens with one attached hydrogen (secondary N) is 2. The summed E-state index contributed by atoms with van der Waals surface area (Å²) in [5.74, 6) is -0.166. The molecule has 164 valence electrons. The van der Waals surface area contributed by atoms with Gasteiger partial charge in [-0.1, -0.05) is 36.4 Å². The molecule has 8 nitrogen and oxygen atoms in total. The molecule has 3 aromatic rings. The molecule has 0 aliphatic carbocycles. The Bertz CT molecular complexity index is 1080. The van der Waals surface area contributed by atoms with Crippen molar-refractivity contribution >= 4 is 28.9 Å². The number of anilines is 2. The van der Waals surface area contributed by atoms with Crippen LogP contribution in [-0.2, 0) is 16.0 Å². The second-order valence-electron chi connectivity index (χ2n) is 7.11. The van der Waals surface area contributed by atoms with Crippen molar-refractivity contribution in [1.29, 1.82) is 0 Å². The average Bonchev–Trinajstić information content (AvgIpc) is 2.79. The molecule has 0 aliphatic heterocycles. The minimum Gasteiger partial charge on any atom is -0.481 e. The van der Waals surface area contributed by atoms with Crippen LogP contribution < -0.4 is 15.4 Å². The van der Waals surface area contributed by atoms with Crippen LogP contribution in [0.5, 0.6) is 5.75 Å². The summed E-state index contributed by atoms with van der Waals surface area (Å²) in [6.45, 7) is 1.58. The number of ether oxygens (including phenoxy) is 1. The molecule has 0 aliphatic rings. The van der Waals surface area contributed by atoms with Gasteiger partial charge < -0.3 is 15.4 Å². The van der Waals surface area contributed by atoms with Crippen molar-refractivity contribution in [1.82, 2.24) is 0 Å². The highest BCUT2D eigenvalue weighted by molar-refractivity contribution is 5.96. The lowest BCUT2D eigenvalue weighted by Crippen LogP contribution is -2.30. The number of nitro groups is 1. The van der Waals surface area contributed by atoms with E-state index in [9.17, 15) is 19.7 Å². The van der Waals surface area contributed by atoms with Crippen LogP contribution in [0, 0.1) is 10.1 Å². The van der Waals surface area contributed by atoms with Crippen molar-refractivity contribution in [3.8, 4) is 5.75 Å². The van der Waals surface area contributed by atoms with E-state index < -0.39 is 16.9 Å². The number of carbonyl (C=O) groups is 2. The molecule has 0 radical (unpaired) electrons. The Labute approximate surface area is 185 Å². The zero-order chi connectivity index (χ0) is 22.9. The maximum absolute atomic E-state index is 12.5. The number of nitro benzene ring substituents is 1. The van der Waals surface area contributed by atoms with Crippen LogP contribution in [0.25, 0.3) is 0 Å². The van der Waals surface area contributed by atoms with Gasteiger partial charge in [-0.25, -0.2) is 0 Å². The molecule has 2 amide bonds. The number of hydrogen-bond donors (Lipinski definition) is 2. The molecule has 0 spiro atoms. The average molecular weight is 433 g/mol. The lowest BCUT2D eigenvalue weighted by atomic mass is 10.1. The normalized spacial score (nSPS) is 11.3. The van der Waals surface area contributed by atoms with Gasteiger partial charge in [0.15, 0.2) is 6.10 Å². The lowest BCUT2D eigenvalue weighted by Gasteiger charge is -2.15. The number of benzene rings is 3. The van der Waals surface area contributed by atoms with Gasteiger partial charge in [0.05, 0.1) is 4.92 Å². The summed E-state index contributed by atoms with van der Waals surface area (Å²) in [5.41, 5.74) is 2.11. The van der Waals surface area contributed by atoms with E-state index in [4.69, 9.17) is 4.74 Å². The molecule has 0 bridgehead atoms. The van der Waals surface area contributed by atoms with Gasteiger partial charge >= 0.3 is 0 Å². The second-order valence-corrected chi connectivity index (χ2v) is 7.11. The molecule has 0 fully saturated rings. The van der Waals surface area contributed by atoms with Gasteiger partial charge in [-0.3, -0.25) is 19.7 Å². The van der Waals surface area contributed by atoms with E-state index in [2.05, 4.69) is 10.6 Å². The zero-order valence-corrected chi connectivity index (χ0v) is 17.5. The fourth-order valence-electron chi connectivity index (χ4n) is 2.95. The molecule has 8 heteroatoms. The van der Waals surface area contributed by atoms with Crippen LogP contribution in [0.4, 0.5) is 17.1 Å². The number of rotatable bonds is 9. The van der Waals surface area contributed by atoms with E-state index in [1.807, 2.05) is 30.3 Å². The summed E-state index contributed by atoms with van der Waals surface area (Å²) in [6, 6.07) is 22.1. The fraction of sp³-hybridized carbons (Fsp3) is 0.167. The minimum absolute atomic E-state index is 0.0583. The zero-order valence-electron chi connectivity index (χ0n) is 17.5. The van der Waals surface area contributed by atoms with Crippen LogP contribution in [0.15, 0.2) is 78.9 Å². The van der Waals surface area contributed by atoms with E-state index in [-0.39, 0.29) is 11.6 Å². The molecular weight excluding hydrogens is 410 g/mol. The van der Waals surface area contributed by atoms with E-state index in [0.29, 0.717) is 30.0 Å². The SMILES string of the molecule is CC(Oc1ccc([N+](=O)[O-])cc1)C(=O)Nc1cccc(NC(=O)CCc2ccccc2)c1. The highest BCUT2D eigenvalue weighted by atomic mass is 16.6. The van der Waals surface area contributed by atoms with Crippen molar-refractivity contribution in [3.05, 3.63) is 94.5 Å². The fourth-order valence-corrected chi connectivity index (χ4v) is 2.95. The molecule has 32 heavy (non-hydrogen) atoms. The monoisotopic (exact) mass is 433 g/mol. The van der Waals surface area contributed by atoms with Crippen LogP contribution in [0.3, 0.4) is 0 Å². The summed E-state index contributed by atoms with van der Waals surface area (Å²) >= 11 is 0. The van der Waals surface area contributed by atoms with Gasteiger partial charge in [-0.05, 0) is 49.2 Å². The summed E-state index contributed by atoms with van der Waals surface area (Å²) in [7, 11) is 0. The first-order valence-electron chi connectivity index (χ1n) is 10.1. The quantitative estimate of drug-likeness (QED) is 0.379. The van der Waals surface area contributed by atoms with E-state index >= 15 is 0 Å². The summed E-state index contributed by atoms with van der Waals surface area (Å²) in [5, 5.41) is 16.3. The molecule has 0 aromatic heterocycles. The van der Waals surface area contributed by atoms with Gasteiger partial charge in [-0.2, -0.15) is 0 Å². The van der Waals surface area contributed by atoms with Crippen LogP contribution in [-0.4, -0.2) is 22.8 Å². The first-order valence-corrected chi connectivity index (χ1v) is 10.1. The van der Waals surface area contributed by atoms with Gasteiger partial charge in [0, 0.05) is 29.9 Å². The minimum atomic E-state index is -0.833. The Morgan fingerprint density at radius 1 is 0.938 bits per heavy atom. The summed E-state index contributed by atoms with van der Waals surface area (Å²) in [6.07, 6.45) is 0.155. The number of amides is 2. The maximum atomic E-state index is 12.5. The van der Waals surface area contributed by atoms with Crippen molar-refractivity contribution in [2.24, 2.45) is 0 Å². The third kappa shape index (κ3) is 6.66. The smallest absolute Gasteiger partial charge is 0.269 e. The van der Waals surface area contributed by atoms with Crippen LogP contribution in [0.2, 0.25) is 0 Å². The first kappa shape index (κ1) is 22.5. The summed E-state index contributed by atoms with van der Waals surface area (Å²) < 4.78 is 5.55. The lowest BCUT2D eigenvalue weighted by molar-refractivity contribution is -0.384. The third-order valence-electron chi connectivity index (χ3n) is 4.63. The van der Waals surface area contributed by atoms with Crippen LogP contribution in [0.1, 0.15) is 18.9 Å². The molecule has 2 N–H and O–H groups in total. The number of non-ortho nitro benzene ring substituents is 1. The number of hydrogen-bond acceptors (Lipinski definition) is 5. The van der Waals surface area contributed by atoms with E-state index in [1.165, 1.54) is 24.3 Å². The number of carbonyl (C=O) groups excluding carboxylic acids is 2. The molecule has 0 saturated heterocycles. The van der Waals surface area contributed by atoms with Gasteiger partial charge in [0.25, 0.3) is 11.6 Å². The molecule has 3 rings (SSSR count). The van der Waals surface area contributed by atoms with E-state index in [0.717, 1.165) is 5.56 Å². The Kier molecular flexibility index (Phi) is 7.53. The maximum Gasteiger partial charge on any atom is 0.269 e. The highest BCUT2D eigenvalue weighted by Gasteiger charge is 2.16. The van der Waals surface area contributed by atoms with Crippen molar-refractivity contribution in [2.45, 2.75) is 25.9 Å². The second kappa shape index (κ2) is 10.7. The largest absolute Gasteiger partial charge is 0.481 e. The number of nitrogens with zero attached hydrogens (tertiary/aromatic N) is 1. The standard InChI is InChI=1S/C24H23N3O5/c1-17(32-22-13-11-21(12-14-22)27(30)31)24(29)26-20-9-5-8-19(16-20)25-23(28)15-10-18-6-3-2-4-7-18/h2-9,11-14,16-17H,10,15H2,1H3,(H,25,28)(H,26,29). The third-order valence-corrected chi connectivity index (χ3v) is 4.63. The van der Waals surface area contributed by atoms with Crippen LogP contribution >= 0.6 is 0 Å². The Balaban J connectivity index is 1.52. The predicted octanol–water partition coefficient (Wildman–Crippen LogP) is 4.57. The molecule has 0 heterocycles. The van der Waals surface area contributed by atoms with Crippen molar-refractivity contribution in [3.63, 3.8) is 0 Å². The Morgan fingerprint density at radius 3 is 2.25 bits per heavy atom. The Morgan fingerprint density at radius 2 is 1.59 bits per heavy atom. The predicted molar refractivity (Wildman–Crippen MR) is 122 cm³/mol. The molecule has 0 saturated carbocycles. The summed E-state index contributed by atoms with van der Waals surface area (Å²) in [4.78, 5) is 34.9. The van der Waals surface area contributed by atoms with E-state index in [1.54, 1.807) is 31.2 Å². The molecule has 1 unspecified atom stereocenters. The highest BCUT2D eigenvalue weighted by Crippen LogP contribution is 2.20.